The Bertz CT molecular complexity index is 1320. The van der Waals surface area contributed by atoms with Crippen LogP contribution in [0.4, 0.5) is 39.5 Å². The number of hydrogen-bond acceptors (Lipinski definition) is 6. The molecule has 1 aliphatic carbocycles. The summed E-state index contributed by atoms with van der Waals surface area (Å²) in [6.45, 7) is 1.94. The highest BCUT2D eigenvalue weighted by Crippen LogP contribution is 2.41. The molecule has 4 N–H and O–H groups in total. The van der Waals surface area contributed by atoms with Crippen molar-refractivity contribution >= 4 is 57.9 Å². The minimum atomic E-state index is -4.65. The van der Waals surface area contributed by atoms with Crippen LogP contribution in [0.25, 0.3) is 11.2 Å². The Morgan fingerprint density at radius 1 is 1.21 bits per heavy atom. The normalized spacial score (nSPS) is 16.3. The molecule has 4 rings (SSSR count). The largest absolute Gasteiger partial charge is 0.416 e. The number of aromatic nitrogens is 4. The maximum atomic E-state index is 13.3. The van der Waals surface area contributed by atoms with E-state index in [0.717, 1.165) is 12.1 Å². The fraction of sp³-hybridized carbons (Fsp3) is 0.478. The molecule has 1 atom stereocenters. The standard InChI is InChI=1S/C23H24Cl2F5N7O/c1-2-3-13(4-5-17(31)38)37-19-16(10-32-20(36-19)33-12-8-22(26,27)9-12)34-21(37)35-18-14(24)6-11(7-15(18)25)23(28,29)30/h6-7,10,12-13H,2-5,8-9H2,1H3,(H2,31,38)(H,34,35)(H,32,33,36)/t13-/m0/s1. The zero-order valence-electron chi connectivity index (χ0n) is 20.0. The highest BCUT2D eigenvalue weighted by Gasteiger charge is 2.45. The number of nitrogens with zero attached hydrogens (tertiary/aromatic N) is 4. The third-order valence-corrected chi connectivity index (χ3v) is 6.77. The van der Waals surface area contributed by atoms with Crippen molar-refractivity contribution in [2.45, 2.75) is 69.6 Å². The minimum absolute atomic E-state index is 0.00829. The average molecular weight is 580 g/mol. The number of carbonyl (C=O) groups excluding carboxylic acids is 1. The van der Waals surface area contributed by atoms with Crippen molar-refractivity contribution in [3.05, 3.63) is 33.9 Å². The molecule has 1 saturated carbocycles. The van der Waals surface area contributed by atoms with Crippen LogP contribution in [0.2, 0.25) is 10.0 Å². The molecule has 8 nitrogen and oxygen atoms in total. The summed E-state index contributed by atoms with van der Waals surface area (Å²) in [7, 11) is 0. The Labute approximate surface area is 224 Å². The van der Waals surface area contributed by atoms with E-state index >= 15 is 0 Å². The number of anilines is 3. The summed E-state index contributed by atoms with van der Waals surface area (Å²) in [5.41, 5.74) is 4.98. The summed E-state index contributed by atoms with van der Waals surface area (Å²) in [6, 6.07) is 0.635. The van der Waals surface area contributed by atoms with Gasteiger partial charge >= 0.3 is 6.18 Å². The van der Waals surface area contributed by atoms with Crippen LogP contribution >= 0.6 is 23.2 Å². The molecule has 0 unspecified atom stereocenters. The molecule has 1 fully saturated rings. The van der Waals surface area contributed by atoms with E-state index in [0.29, 0.717) is 30.4 Å². The molecule has 1 aromatic carbocycles. The summed E-state index contributed by atoms with van der Waals surface area (Å²) >= 11 is 12.3. The maximum Gasteiger partial charge on any atom is 0.416 e. The minimum Gasteiger partial charge on any atom is -0.370 e. The number of halogens is 7. The van der Waals surface area contributed by atoms with Gasteiger partial charge in [-0.25, -0.2) is 18.7 Å². The summed E-state index contributed by atoms with van der Waals surface area (Å²) in [4.78, 5) is 24.7. The summed E-state index contributed by atoms with van der Waals surface area (Å²) in [5.74, 6) is -2.99. The van der Waals surface area contributed by atoms with Crippen molar-refractivity contribution < 1.29 is 26.7 Å². The Balaban J connectivity index is 1.77. The van der Waals surface area contributed by atoms with Gasteiger partial charge in [-0.1, -0.05) is 36.5 Å². The van der Waals surface area contributed by atoms with Crippen LogP contribution in [0.3, 0.4) is 0 Å². The van der Waals surface area contributed by atoms with Gasteiger partial charge in [-0.2, -0.15) is 18.2 Å². The van der Waals surface area contributed by atoms with E-state index in [1.807, 2.05) is 6.92 Å². The first-order valence-electron chi connectivity index (χ1n) is 11.8. The second-order valence-electron chi connectivity index (χ2n) is 9.20. The number of hydrogen-bond donors (Lipinski definition) is 3. The number of nitrogens with two attached hydrogens (primary N) is 1. The fourth-order valence-corrected chi connectivity index (χ4v) is 4.93. The lowest BCUT2D eigenvalue weighted by Crippen LogP contribution is -2.44. The number of fused-ring (bicyclic) bond motifs is 1. The first-order valence-corrected chi connectivity index (χ1v) is 12.5. The zero-order chi connectivity index (χ0) is 27.8. The quantitative estimate of drug-likeness (QED) is 0.230. The first-order chi connectivity index (χ1) is 17.8. The van der Waals surface area contributed by atoms with Gasteiger partial charge in [0.25, 0.3) is 5.92 Å². The molecule has 15 heteroatoms. The SMILES string of the molecule is CCC[C@@H](CCC(N)=O)n1c(Nc2c(Cl)cc(C(F)(F)F)cc2Cl)nc2cnc(NC3CC(F)(F)C3)nc21. The molecule has 2 aromatic heterocycles. The molecular weight excluding hydrogens is 556 g/mol. The van der Waals surface area contributed by atoms with E-state index in [1.54, 1.807) is 4.57 Å². The molecule has 1 aliphatic rings. The number of rotatable bonds is 10. The van der Waals surface area contributed by atoms with E-state index in [2.05, 4.69) is 25.6 Å². The predicted molar refractivity (Wildman–Crippen MR) is 134 cm³/mol. The molecule has 206 valence electrons. The number of benzene rings is 1. The average Bonchev–Trinajstić information content (AvgIpc) is 3.14. The number of imidazole rings is 1. The van der Waals surface area contributed by atoms with E-state index in [-0.39, 0.29) is 52.9 Å². The lowest BCUT2D eigenvalue weighted by Gasteiger charge is -2.35. The topological polar surface area (TPSA) is 111 Å². The summed E-state index contributed by atoms with van der Waals surface area (Å²) in [5, 5.41) is 5.23. The van der Waals surface area contributed by atoms with Crippen LogP contribution in [0.5, 0.6) is 0 Å². The molecule has 0 saturated heterocycles. The number of alkyl halides is 5. The van der Waals surface area contributed by atoms with Gasteiger partial charge in [0.15, 0.2) is 5.65 Å². The molecule has 1 amide bonds. The van der Waals surface area contributed by atoms with Crippen molar-refractivity contribution in [3.63, 3.8) is 0 Å². The van der Waals surface area contributed by atoms with E-state index < -0.39 is 29.6 Å². The monoisotopic (exact) mass is 579 g/mol. The van der Waals surface area contributed by atoms with Gasteiger partial charge in [0.05, 0.1) is 27.5 Å². The van der Waals surface area contributed by atoms with Gasteiger partial charge in [0.1, 0.15) is 5.52 Å². The lowest BCUT2D eigenvalue weighted by molar-refractivity contribution is -0.137. The zero-order valence-corrected chi connectivity index (χ0v) is 21.6. The Morgan fingerprint density at radius 2 is 1.87 bits per heavy atom. The molecule has 0 spiro atoms. The van der Waals surface area contributed by atoms with Crippen molar-refractivity contribution in [2.24, 2.45) is 5.73 Å². The number of carbonyl (C=O) groups is 1. The fourth-order valence-electron chi connectivity index (χ4n) is 4.35. The molecule has 0 radical (unpaired) electrons. The summed E-state index contributed by atoms with van der Waals surface area (Å²) in [6.07, 6.45) is -2.29. The van der Waals surface area contributed by atoms with Gasteiger partial charge in [-0.3, -0.25) is 9.36 Å². The van der Waals surface area contributed by atoms with Gasteiger partial charge in [-0.05, 0) is 25.0 Å². The van der Waals surface area contributed by atoms with Gasteiger partial charge in [0, 0.05) is 31.3 Å². The smallest absolute Gasteiger partial charge is 0.370 e. The number of amides is 1. The van der Waals surface area contributed by atoms with Gasteiger partial charge < -0.3 is 16.4 Å². The highest BCUT2D eigenvalue weighted by atomic mass is 35.5. The molecule has 38 heavy (non-hydrogen) atoms. The second-order valence-corrected chi connectivity index (χ2v) is 10.0. The number of nitrogens with one attached hydrogen (secondary N) is 2. The molecule has 0 aliphatic heterocycles. The maximum absolute atomic E-state index is 13.3. The van der Waals surface area contributed by atoms with Crippen molar-refractivity contribution in [1.29, 1.82) is 0 Å². The van der Waals surface area contributed by atoms with E-state index in [9.17, 15) is 26.7 Å². The van der Waals surface area contributed by atoms with E-state index in [4.69, 9.17) is 28.9 Å². The highest BCUT2D eigenvalue weighted by molar-refractivity contribution is 6.39. The van der Waals surface area contributed by atoms with Crippen LogP contribution < -0.4 is 16.4 Å². The Kier molecular flexibility index (Phi) is 7.89. The van der Waals surface area contributed by atoms with Crippen LogP contribution in [0.15, 0.2) is 18.3 Å². The van der Waals surface area contributed by atoms with Gasteiger partial charge in [-0.15, -0.1) is 0 Å². The second kappa shape index (κ2) is 10.7. The van der Waals surface area contributed by atoms with Crippen LogP contribution in [-0.4, -0.2) is 37.4 Å². The lowest BCUT2D eigenvalue weighted by atomic mass is 9.88. The predicted octanol–water partition coefficient (Wildman–Crippen LogP) is 6.71. The molecular formula is C23H24Cl2F5N7O. The Hall–Kier alpha value is -2.93. The van der Waals surface area contributed by atoms with Crippen LogP contribution in [0, 0.1) is 0 Å². The molecule has 2 heterocycles. The Morgan fingerprint density at radius 3 is 2.42 bits per heavy atom. The summed E-state index contributed by atoms with van der Waals surface area (Å²) < 4.78 is 67.8. The molecule has 3 aromatic rings. The third-order valence-electron chi connectivity index (χ3n) is 6.17. The van der Waals surface area contributed by atoms with Crippen LogP contribution in [0.1, 0.15) is 57.1 Å². The third kappa shape index (κ3) is 6.20. The number of primary amides is 1. The van der Waals surface area contributed by atoms with E-state index in [1.165, 1.54) is 6.20 Å². The van der Waals surface area contributed by atoms with Crippen LogP contribution in [-0.2, 0) is 11.0 Å². The van der Waals surface area contributed by atoms with Crippen molar-refractivity contribution in [1.82, 2.24) is 19.5 Å². The molecule has 0 bridgehead atoms. The van der Waals surface area contributed by atoms with Crippen molar-refractivity contribution in [3.8, 4) is 0 Å². The first kappa shape index (κ1) is 28.1. The van der Waals surface area contributed by atoms with Gasteiger partial charge in [0.2, 0.25) is 17.8 Å². The van der Waals surface area contributed by atoms with Crippen molar-refractivity contribution in [2.75, 3.05) is 10.6 Å².